The van der Waals surface area contributed by atoms with Crippen LogP contribution in [0, 0.1) is 0 Å². The van der Waals surface area contributed by atoms with Crippen molar-refractivity contribution in [3.05, 3.63) is 0 Å². The summed E-state index contributed by atoms with van der Waals surface area (Å²) in [5, 5.41) is 11.7. The molecule has 1 saturated heterocycles. The molecule has 0 radical (unpaired) electrons. The van der Waals surface area contributed by atoms with Crippen LogP contribution in [0.4, 0.5) is 4.79 Å². The molecule has 0 saturated carbocycles. The summed E-state index contributed by atoms with van der Waals surface area (Å²) in [7, 11) is 0. The summed E-state index contributed by atoms with van der Waals surface area (Å²) in [4.78, 5) is 13.5. The van der Waals surface area contributed by atoms with Gasteiger partial charge in [0.15, 0.2) is 0 Å². The number of morpholine rings is 1. The second kappa shape index (κ2) is 6.63. The van der Waals surface area contributed by atoms with E-state index in [4.69, 9.17) is 9.84 Å². The van der Waals surface area contributed by atoms with Crippen LogP contribution in [0.15, 0.2) is 0 Å². The lowest BCUT2D eigenvalue weighted by Crippen LogP contribution is -2.49. The maximum atomic E-state index is 11.7. The van der Waals surface area contributed by atoms with E-state index >= 15 is 0 Å². The topological polar surface area (TPSA) is 61.8 Å². The van der Waals surface area contributed by atoms with Gasteiger partial charge >= 0.3 is 6.03 Å². The van der Waals surface area contributed by atoms with E-state index in [9.17, 15) is 4.79 Å². The number of urea groups is 1. The Balaban J connectivity index is 2.31. The first-order valence-corrected chi connectivity index (χ1v) is 5.52. The van der Waals surface area contributed by atoms with Crippen molar-refractivity contribution in [3.63, 3.8) is 0 Å². The number of rotatable bonds is 4. The normalized spacial score (nSPS) is 18.7. The van der Waals surface area contributed by atoms with Crippen molar-refractivity contribution < 1.29 is 14.6 Å². The Kier molecular flexibility index (Phi) is 5.42. The third-order valence-electron chi connectivity index (χ3n) is 2.60. The average molecular weight is 216 g/mol. The van der Waals surface area contributed by atoms with Crippen LogP contribution in [-0.2, 0) is 4.74 Å². The second-order valence-corrected chi connectivity index (χ2v) is 3.67. The first-order valence-electron chi connectivity index (χ1n) is 5.52. The van der Waals surface area contributed by atoms with E-state index in [2.05, 4.69) is 5.32 Å². The summed E-state index contributed by atoms with van der Waals surface area (Å²) in [6.07, 6.45) is 1.46. The lowest BCUT2D eigenvalue weighted by Gasteiger charge is -2.29. The van der Waals surface area contributed by atoms with Gasteiger partial charge in [0, 0.05) is 25.7 Å². The lowest BCUT2D eigenvalue weighted by molar-refractivity contribution is 0.0522. The molecule has 0 aromatic rings. The van der Waals surface area contributed by atoms with E-state index in [1.54, 1.807) is 4.90 Å². The summed E-state index contributed by atoms with van der Waals surface area (Å²) in [5.41, 5.74) is 0. The Morgan fingerprint density at radius 1 is 1.53 bits per heavy atom. The minimum absolute atomic E-state index is 0.0430. The minimum Gasteiger partial charge on any atom is -0.396 e. The van der Waals surface area contributed by atoms with Crippen LogP contribution in [0.5, 0.6) is 0 Å². The quantitative estimate of drug-likeness (QED) is 0.705. The summed E-state index contributed by atoms with van der Waals surface area (Å²) in [6, 6.07) is 0.0314. The highest BCUT2D eigenvalue weighted by molar-refractivity contribution is 5.74. The fourth-order valence-corrected chi connectivity index (χ4v) is 1.57. The van der Waals surface area contributed by atoms with Crippen LogP contribution in [0.2, 0.25) is 0 Å². The van der Waals surface area contributed by atoms with Gasteiger partial charge in [-0.15, -0.1) is 0 Å². The van der Waals surface area contributed by atoms with Gasteiger partial charge in [-0.2, -0.15) is 0 Å². The van der Waals surface area contributed by atoms with Crippen molar-refractivity contribution in [2.45, 2.75) is 25.8 Å². The first-order chi connectivity index (χ1) is 7.27. The van der Waals surface area contributed by atoms with Crippen molar-refractivity contribution >= 4 is 6.03 Å². The van der Waals surface area contributed by atoms with Crippen LogP contribution in [-0.4, -0.2) is 55.0 Å². The maximum absolute atomic E-state index is 11.7. The van der Waals surface area contributed by atoms with Gasteiger partial charge in [-0.3, -0.25) is 0 Å². The fraction of sp³-hybridized carbons (Fsp3) is 0.900. The molecule has 2 amide bonds. The molecule has 1 aliphatic rings. The Morgan fingerprint density at radius 2 is 2.20 bits per heavy atom. The van der Waals surface area contributed by atoms with Crippen LogP contribution >= 0.6 is 0 Å². The third kappa shape index (κ3) is 4.05. The number of carbonyl (C=O) groups excluding carboxylic acids is 1. The highest BCUT2D eigenvalue weighted by Gasteiger charge is 2.18. The van der Waals surface area contributed by atoms with Gasteiger partial charge in [0.05, 0.1) is 13.2 Å². The molecule has 0 bridgehead atoms. The van der Waals surface area contributed by atoms with E-state index in [0.717, 1.165) is 6.42 Å². The lowest BCUT2D eigenvalue weighted by atomic mass is 10.1. The fourth-order valence-electron chi connectivity index (χ4n) is 1.57. The Morgan fingerprint density at radius 3 is 2.73 bits per heavy atom. The molecule has 0 aliphatic carbocycles. The molecule has 5 nitrogen and oxygen atoms in total. The van der Waals surface area contributed by atoms with Crippen molar-refractivity contribution in [2.75, 3.05) is 32.9 Å². The molecule has 1 fully saturated rings. The van der Waals surface area contributed by atoms with Gasteiger partial charge in [0.25, 0.3) is 0 Å². The molecule has 1 rings (SSSR count). The number of amides is 2. The van der Waals surface area contributed by atoms with E-state index in [1.165, 1.54) is 0 Å². The number of aliphatic hydroxyl groups is 1. The molecule has 0 aromatic heterocycles. The molecule has 0 spiro atoms. The molecule has 15 heavy (non-hydrogen) atoms. The number of ether oxygens (including phenoxy) is 1. The molecule has 1 unspecified atom stereocenters. The number of hydrogen-bond acceptors (Lipinski definition) is 3. The SMILES string of the molecule is CCC(CCO)NC(=O)N1CCOCC1. The molecule has 5 heteroatoms. The predicted molar refractivity (Wildman–Crippen MR) is 56.7 cm³/mol. The van der Waals surface area contributed by atoms with Gasteiger partial charge in [0.2, 0.25) is 0 Å². The zero-order chi connectivity index (χ0) is 11.1. The highest BCUT2D eigenvalue weighted by Crippen LogP contribution is 2.01. The molecule has 88 valence electrons. The van der Waals surface area contributed by atoms with Crippen LogP contribution < -0.4 is 5.32 Å². The third-order valence-corrected chi connectivity index (χ3v) is 2.60. The van der Waals surface area contributed by atoms with E-state index in [1.807, 2.05) is 6.92 Å². The molecular formula is C10H20N2O3. The average Bonchev–Trinajstić information content (AvgIpc) is 2.29. The summed E-state index contributed by atoms with van der Waals surface area (Å²) in [5.74, 6) is 0. The largest absolute Gasteiger partial charge is 0.396 e. The van der Waals surface area contributed by atoms with Crippen molar-refractivity contribution in [1.29, 1.82) is 0 Å². The maximum Gasteiger partial charge on any atom is 0.317 e. The minimum atomic E-state index is -0.0430. The Bertz CT molecular complexity index is 193. The van der Waals surface area contributed by atoms with E-state index < -0.39 is 0 Å². The van der Waals surface area contributed by atoms with Crippen molar-refractivity contribution in [1.82, 2.24) is 10.2 Å². The first kappa shape index (κ1) is 12.3. The molecule has 1 aliphatic heterocycles. The van der Waals surface area contributed by atoms with Crippen molar-refractivity contribution in [3.8, 4) is 0 Å². The van der Waals surface area contributed by atoms with E-state index in [-0.39, 0.29) is 18.7 Å². The summed E-state index contributed by atoms with van der Waals surface area (Å²) < 4.78 is 5.17. The van der Waals surface area contributed by atoms with Crippen molar-refractivity contribution in [2.24, 2.45) is 0 Å². The number of aliphatic hydroxyl groups excluding tert-OH is 1. The van der Waals surface area contributed by atoms with Gasteiger partial charge in [-0.05, 0) is 12.8 Å². The van der Waals surface area contributed by atoms with Crippen LogP contribution in [0.3, 0.4) is 0 Å². The standard InChI is InChI=1S/C10H20N2O3/c1-2-9(3-6-13)11-10(14)12-4-7-15-8-5-12/h9,13H,2-8H2,1H3,(H,11,14). The second-order valence-electron chi connectivity index (χ2n) is 3.67. The number of nitrogens with zero attached hydrogens (tertiary/aromatic N) is 1. The predicted octanol–water partition coefficient (Wildman–Crippen LogP) is 0.189. The Labute approximate surface area is 90.4 Å². The van der Waals surface area contributed by atoms with Gasteiger partial charge in [-0.25, -0.2) is 4.79 Å². The number of carbonyl (C=O) groups is 1. The summed E-state index contributed by atoms with van der Waals surface area (Å²) >= 11 is 0. The Hall–Kier alpha value is -0.810. The van der Waals surface area contributed by atoms with Gasteiger partial charge < -0.3 is 20.1 Å². The van der Waals surface area contributed by atoms with Crippen LogP contribution in [0.1, 0.15) is 19.8 Å². The monoisotopic (exact) mass is 216 g/mol. The van der Waals surface area contributed by atoms with Gasteiger partial charge in [0.1, 0.15) is 0 Å². The zero-order valence-electron chi connectivity index (χ0n) is 9.24. The number of nitrogens with one attached hydrogen (secondary N) is 1. The number of hydrogen-bond donors (Lipinski definition) is 2. The molecule has 1 atom stereocenters. The highest BCUT2D eigenvalue weighted by atomic mass is 16.5. The molecule has 1 heterocycles. The summed E-state index contributed by atoms with van der Waals surface area (Å²) in [6.45, 7) is 4.65. The molecular weight excluding hydrogens is 196 g/mol. The smallest absolute Gasteiger partial charge is 0.317 e. The zero-order valence-corrected chi connectivity index (χ0v) is 9.24. The van der Waals surface area contributed by atoms with Crippen LogP contribution in [0.25, 0.3) is 0 Å². The van der Waals surface area contributed by atoms with Gasteiger partial charge in [-0.1, -0.05) is 6.92 Å². The molecule has 2 N–H and O–H groups in total. The molecule has 0 aromatic carbocycles. The van der Waals surface area contributed by atoms with E-state index in [0.29, 0.717) is 32.7 Å².